The number of halogens is 1. The zero-order chi connectivity index (χ0) is 15.4. The Hall–Kier alpha value is -2.28. The molecule has 0 saturated heterocycles. The molecule has 0 unspecified atom stereocenters. The average molecular weight is 353 g/mol. The van der Waals surface area contributed by atoms with Gasteiger partial charge in [0.15, 0.2) is 5.75 Å². The first-order valence-electron chi connectivity index (χ1n) is 5.98. The molecule has 2 aromatic rings. The van der Waals surface area contributed by atoms with Gasteiger partial charge in [0.1, 0.15) is 5.75 Å². The maximum atomic E-state index is 10.9. The molecule has 0 bridgehead atoms. The Kier molecular flexibility index (Phi) is 4.64. The number of rotatable bonds is 5. The van der Waals surface area contributed by atoms with E-state index in [0.717, 1.165) is 15.9 Å². The number of nitro groups is 1. The van der Waals surface area contributed by atoms with Gasteiger partial charge < -0.3 is 14.8 Å². The standard InChI is InChI=1S/C14H13BrN2O4/c1-20-13-6-4-9(7-11(13)15)16-10-3-5-12(17(18)19)14(8-10)21-2/h3-8,16H,1-2H3. The second-order valence-electron chi connectivity index (χ2n) is 4.12. The van der Waals surface area contributed by atoms with Crippen molar-refractivity contribution in [2.75, 3.05) is 19.5 Å². The topological polar surface area (TPSA) is 73.6 Å². The van der Waals surface area contributed by atoms with Crippen molar-refractivity contribution in [3.8, 4) is 11.5 Å². The van der Waals surface area contributed by atoms with E-state index in [4.69, 9.17) is 9.47 Å². The zero-order valence-corrected chi connectivity index (χ0v) is 13.0. The van der Waals surface area contributed by atoms with Crippen LogP contribution in [-0.4, -0.2) is 19.1 Å². The predicted octanol–water partition coefficient (Wildman–Crippen LogP) is 4.12. The summed E-state index contributed by atoms with van der Waals surface area (Å²) in [7, 11) is 2.99. The maximum Gasteiger partial charge on any atom is 0.311 e. The molecule has 0 fully saturated rings. The fraction of sp³-hybridized carbons (Fsp3) is 0.143. The molecular weight excluding hydrogens is 340 g/mol. The number of benzene rings is 2. The number of nitrogens with one attached hydrogen (secondary N) is 1. The molecule has 7 heteroatoms. The van der Waals surface area contributed by atoms with Crippen molar-refractivity contribution >= 4 is 33.0 Å². The summed E-state index contributed by atoms with van der Waals surface area (Å²) < 4.78 is 11.0. The Bertz CT molecular complexity index is 676. The van der Waals surface area contributed by atoms with E-state index >= 15 is 0 Å². The third-order valence-electron chi connectivity index (χ3n) is 2.82. The van der Waals surface area contributed by atoms with E-state index in [9.17, 15) is 10.1 Å². The second-order valence-corrected chi connectivity index (χ2v) is 4.97. The molecule has 21 heavy (non-hydrogen) atoms. The molecule has 0 amide bonds. The van der Waals surface area contributed by atoms with Crippen LogP contribution in [0.4, 0.5) is 17.1 Å². The molecule has 0 spiro atoms. The Morgan fingerprint density at radius 1 is 1.05 bits per heavy atom. The van der Waals surface area contributed by atoms with Crippen molar-refractivity contribution in [2.24, 2.45) is 0 Å². The van der Waals surface area contributed by atoms with Gasteiger partial charge >= 0.3 is 5.69 Å². The van der Waals surface area contributed by atoms with Crippen molar-refractivity contribution in [3.05, 3.63) is 51.0 Å². The van der Waals surface area contributed by atoms with Crippen molar-refractivity contribution in [2.45, 2.75) is 0 Å². The molecule has 0 aliphatic rings. The molecule has 0 heterocycles. The summed E-state index contributed by atoms with van der Waals surface area (Å²) >= 11 is 3.40. The third-order valence-corrected chi connectivity index (χ3v) is 3.44. The van der Waals surface area contributed by atoms with E-state index in [2.05, 4.69) is 21.2 Å². The van der Waals surface area contributed by atoms with E-state index in [-0.39, 0.29) is 11.4 Å². The molecule has 110 valence electrons. The molecule has 0 radical (unpaired) electrons. The summed E-state index contributed by atoms with van der Waals surface area (Å²) in [6.45, 7) is 0. The number of anilines is 2. The zero-order valence-electron chi connectivity index (χ0n) is 11.4. The number of hydrogen-bond donors (Lipinski definition) is 1. The van der Waals surface area contributed by atoms with Gasteiger partial charge in [0.2, 0.25) is 0 Å². The van der Waals surface area contributed by atoms with Crippen molar-refractivity contribution in [1.82, 2.24) is 0 Å². The normalized spacial score (nSPS) is 10.0. The first kappa shape index (κ1) is 15.1. The van der Waals surface area contributed by atoms with Crippen molar-refractivity contribution in [1.29, 1.82) is 0 Å². The summed E-state index contributed by atoms with van der Waals surface area (Å²) in [5.74, 6) is 0.930. The SMILES string of the molecule is COc1ccc(Nc2ccc([N+](=O)[O-])c(OC)c2)cc1Br. The van der Waals surface area contributed by atoms with Crippen LogP contribution in [0.25, 0.3) is 0 Å². The van der Waals surface area contributed by atoms with Crippen LogP contribution >= 0.6 is 15.9 Å². The van der Waals surface area contributed by atoms with Crippen LogP contribution in [-0.2, 0) is 0 Å². The van der Waals surface area contributed by atoms with Crippen LogP contribution in [0, 0.1) is 10.1 Å². The Labute approximate surface area is 130 Å². The maximum absolute atomic E-state index is 10.9. The highest BCUT2D eigenvalue weighted by Gasteiger charge is 2.14. The van der Waals surface area contributed by atoms with Crippen LogP contribution in [0.2, 0.25) is 0 Å². The highest BCUT2D eigenvalue weighted by atomic mass is 79.9. The molecule has 2 rings (SSSR count). The first-order chi connectivity index (χ1) is 10.0. The van der Waals surface area contributed by atoms with E-state index < -0.39 is 4.92 Å². The third kappa shape index (κ3) is 3.43. The lowest BCUT2D eigenvalue weighted by Crippen LogP contribution is -1.96. The van der Waals surface area contributed by atoms with E-state index in [1.807, 2.05) is 18.2 Å². The van der Waals surface area contributed by atoms with Crippen molar-refractivity contribution in [3.63, 3.8) is 0 Å². The Morgan fingerprint density at radius 3 is 2.24 bits per heavy atom. The lowest BCUT2D eigenvalue weighted by molar-refractivity contribution is -0.385. The number of nitrogens with zero attached hydrogens (tertiary/aromatic N) is 1. The summed E-state index contributed by atoms with van der Waals surface area (Å²) in [5, 5.41) is 14.0. The van der Waals surface area contributed by atoms with Gasteiger partial charge in [0.05, 0.1) is 23.6 Å². The molecule has 1 N–H and O–H groups in total. The predicted molar refractivity (Wildman–Crippen MR) is 83.6 cm³/mol. The van der Waals surface area contributed by atoms with Crippen molar-refractivity contribution < 1.29 is 14.4 Å². The quantitative estimate of drug-likeness (QED) is 0.647. The fourth-order valence-electron chi connectivity index (χ4n) is 1.82. The van der Waals surface area contributed by atoms with Gasteiger partial charge in [-0.1, -0.05) is 0 Å². The van der Waals surface area contributed by atoms with E-state index in [0.29, 0.717) is 5.69 Å². The van der Waals surface area contributed by atoms with Gasteiger partial charge in [-0.2, -0.15) is 0 Å². The Balaban J connectivity index is 2.27. The molecule has 0 aromatic heterocycles. The lowest BCUT2D eigenvalue weighted by atomic mass is 10.2. The van der Waals surface area contributed by atoms with Crippen LogP contribution in [0.15, 0.2) is 40.9 Å². The molecule has 0 atom stereocenters. The number of nitro benzene ring substituents is 1. The Morgan fingerprint density at radius 2 is 1.67 bits per heavy atom. The minimum absolute atomic E-state index is 0.0704. The van der Waals surface area contributed by atoms with Crippen LogP contribution < -0.4 is 14.8 Å². The fourth-order valence-corrected chi connectivity index (χ4v) is 2.36. The van der Waals surface area contributed by atoms with E-state index in [1.54, 1.807) is 19.2 Å². The number of ether oxygens (including phenoxy) is 2. The highest BCUT2D eigenvalue weighted by Crippen LogP contribution is 2.33. The van der Waals surface area contributed by atoms with Gasteiger partial charge in [-0.05, 0) is 40.2 Å². The van der Waals surface area contributed by atoms with Gasteiger partial charge in [-0.3, -0.25) is 10.1 Å². The molecule has 0 aliphatic carbocycles. The van der Waals surface area contributed by atoms with Crippen LogP contribution in [0.3, 0.4) is 0 Å². The van der Waals surface area contributed by atoms with Gasteiger partial charge in [-0.25, -0.2) is 0 Å². The van der Waals surface area contributed by atoms with Gasteiger partial charge in [0.25, 0.3) is 0 Å². The highest BCUT2D eigenvalue weighted by molar-refractivity contribution is 9.10. The average Bonchev–Trinajstić information content (AvgIpc) is 2.47. The molecule has 6 nitrogen and oxygen atoms in total. The molecule has 2 aromatic carbocycles. The minimum Gasteiger partial charge on any atom is -0.496 e. The molecule has 0 saturated carbocycles. The minimum atomic E-state index is -0.480. The second kappa shape index (κ2) is 6.45. The summed E-state index contributed by atoms with van der Waals surface area (Å²) in [6, 6.07) is 10.1. The van der Waals surface area contributed by atoms with Crippen LogP contribution in [0.1, 0.15) is 0 Å². The van der Waals surface area contributed by atoms with E-state index in [1.165, 1.54) is 13.2 Å². The first-order valence-corrected chi connectivity index (χ1v) is 6.77. The lowest BCUT2D eigenvalue weighted by Gasteiger charge is -2.10. The molecule has 0 aliphatic heterocycles. The molecular formula is C14H13BrN2O4. The summed E-state index contributed by atoms with van der Waals surface area (Å²) in [6.07, 6.45) is 0. The van der Waals surface area contributed by atoms with Crippen LogP contribution in [0.5, 0.6) is 11.5 Å². The number of hydrogen-bond acceptors (Lipinski definition) is 5. The van der Waals surface area contributed by atoms with Gasteiger partial charge in [-0.15, -0.1) is 0 Å². The number of methoxy groups -OCH3 is 2. The summed E-state index contributed by atoms with van der Waals surface area (Å²) in [5.41, 5.74) is 1.44. The smallest absolute Gasteiger partial charge is 0.311 e. The summed E-state index contributed by atoms with van der Waals surface area (Å²) in [4.78, 5) is 10.4. The monoisotopic (exact) mass is 352 g/mol. The largest absolute Gasteiger partial charge is 0.496 e. The van der Waals surface area contributed by atoms with Gasteiger partial charge in [0, 0.05) is 23.5 Å².